The van der Waals surface area contributed by atoms with E-state index in [0.29, 0.717) is 16.5 Å². The van der Waals surface area contributed by atoms with Crippen LogP contribution in [0.4, 0.5) is 5.69 Å². The minimum absolute atomic E-state index is 0.144. The van der Waals surface area contributed by atoms with Crippen LogP contribution in [-0.4, -0.2) is 24.7 Å². The van der Waals surface area contributed by atoms with Crippen LogP contribution in [0.25, 0.3) is 0 Å². The second kappa shape index (κ2) is 7.12. The highest BCUT2D eigenvalue weighted by Crippen LogP contribution is 2.42. The van der Waals surface area contributed by atoms with Gasteiger partial charge in [0.2, 0.25) is 0 Å². The molecule has 1 atom stereocenters. The molecule has 0 aromatic heterocycles. The van der Waals surface area contributed by atoms with E-state index in [1.54, 1.807) is 30.5 Å². The number of halogens is 1. The van der Waals surface area contributed by atoms with Gasteiger partial charge in [-0.05, 0) is 61.6 Å². The number of anilines is 1. The Morgan fingerprint density at radius 2 is 2.04 bits per heavy atom. The van der Waals surface area contributed by atoms with E-state index >= 15 is 0 Å². The van der Waals surface area contributed by atoms with Crippen molar-refractivity contribution in [3.8, 4) is 0 Å². The minimum atomic E-state index is -0.320. The van der Waals surface area contributed by atoms with Crippen molar-refractivity contribution in [1.82, 2.24) is 5.43 Å². The first-order valence-electron chi connectivity index (χ1n) is 8.75. The topological polar surface area (TPSA) is 44.7 Å². The van der Waals surface area contributed by atoms with Crippen molar-refractivity contribution in [3.05, 3.63) is 64.2 Å². The number of hydrogen-bond acceptors (Lipinski definition) is 3. The number of rotatable bonds is 3. The number of nitrogens with zero attached hydrogens (tertiary/aromatic N) is 2. The fourth-order valence-electron chi connectivity index (χ4n) is 3.55. The van der Waals surface area contributed by atoms with Gasteiger partial charge in [-0.15, -0.1) is 0 Å². The van der Waals surface area contributed by atoms with Crippen LogP contribution in [0.1, 0.15) is 54.6 Å². The van der Waals surface area contributed by atoms with Gasteiger partial charge in [0, 0.05) is 18.3 Å². The summed E-state index contributed by atoms with van der Waals surface area (Å²) in [5.41, 5.74) is 6.62. The van der Waals surface area contributed by atoms with Gasteiger partial charge in [-0.25, -0.2) is 5.43 Å². The SMILES string of the molecule is CC1CC(C)(C)N(C)c2ccc(/C=N\NC(=O)c3ccccc3Cl)cc21. The van der Waals surface area contributed by atoms with Crippen LogP contribution in [0.2, 0.25) is 5.02 Å². The predicted molar refractivity (Wildman–Crippen MR) is 108 cm³/mol. The molecule has 0 bridgehead atoms. The Kier molecular flexibility index (Phi) is 5.05. The molecule has 1 N–H and O–H groups in total. The van der Waals surface area contributed by atoms with Crippen molar-refractivity contribution in [1.29, 1.82) is 0 Å². The van der Waals surface area contributed by atoms with Crippen LogP contribution in [-0.2, 0) is 0 Å². The Hall–Kier alpha value is -2.33. The summed E-state index contributed by atoms with van der Waals surface area (Å²) in [4.78, 5) is 14.5. The lowest BCUT2D eigenvalue weighted by molar-refractivity contribution is 0.0955. The largest absolute Gasteiger partial charge is 0.369 e. The average molecular weight is 370 g/mol. The predicted octanol–water partition coefficient (Wildman–Crippen LogP) is 4.83. The summed E-state index contributed by atoms with van der Waals surface area (Å²) in [5, 5.41) is 4.49. The highest BCUT2D eigenvalue weighted by molar-refractivity contribution is 6.33. The van der Waals surface area contributed by atoms with E-state index in [1.807, 2.05) is 6.07 Å². The molecule has 4 nitrogen and oxygen atoms in total. The second-order valence-electron chi connectivity index (χ2n) is 7.47. The van der Waals surface area contributed by atoms with Gasteiger partial charge in [0.25, 0.3) is 5.91 Å². The molecule has 0 saturated carbocycles. The Balaban J connectivity index is 1.76. The smallest absolute Gasteiger partial charge is 0.272 e. The van der Waals surface area contributed by atoms with Gasteiger partial charge in [-0.3, -0.25) is 4.79 Å². The monoisotopic (exact) mass is 369 g/mol. The summed E-state index contributed by atoms with van der Waals surface area (Å²) in [6.45, 7) is 6.80. The van der Waals surface area contributed by atoms with E-state index in [9.17, 15) is 4.79 Å². The quantitative estimate of drug-likeness (QED) is 0.622. The Labute approximate surface area is 159 Å². The third-order valence-electron chi connectivity index (χ3n) is 5.16. The van der Waals surface area contributed by atoms with Crippen molar-refractivity contribution in [3.63, 3.8) is 0 Å². The first-order chi connectivity index (χ1) is 12.3. The van der Waals surface area contributed by atoms with Crippen molar-refractivity contribution in [2.24, 2.45) is 5.10 Å². The molecule has 0 spiro atoms. The molecule has 0 aliphatic carbocycles. The van der Waals surface area contributed by atoms with E-state index in [-0.39, 0.29) is 11.4 Å². The first kappa shape index (κ1) is 18.5. The molecule has 0 fully saturated rings. The molecular weight excluding hydrogens is 346 g/mol. The van der Waals surface area contributed by atoms with E-state index in [4.69, 9.17) is 11.6 Å². The van der Waals surface area contributed by atoms with Gasteiger partial charge in [-0.2, -0.15) is 5.10 Å². The molecule has 0 saturated heterocycles. The maximum Gasteiger partial charge on any atom is 0.272 e. The van der Waals surface area contributed by atoms with E-state index < -0.39 is 0 Å². The molecule has 26 heavy (non-hydrogen) atoms. The average Bonchev–Trinajstić information content (AvgIpc) is 2.60. The third kappa shape index (κ3) is 3.61. The Morgan fingerprint density at radius 3 is 2.77 bits per heavy atom. The van der Waals surface area contributed by atoms with Gasteiger partial charge in [-0.1, -0.05) is 36.7 Å². The minimum Gasteiger partial charge on any atom is -0.369 e. The number of fused-ring (bicyclic) bond motifs is 1. The van der Waals surface area contributed by atoms with Crippen molar-refractivity contribution in [2.75, 3.05) is 11.9 Å². The fourth-order valence-corrected chi connectivity index (χ4v) is 3.77. The molecule has 136 valence electrons. The summed E-state index contributed by atoms with van der Waals surface area (Å²) in [6.07, 6.45) is 2.77. The third-order valence-corrected chi connectivity index (χ3v) is 5.49. The number of nitrogens with one attached hydrogen (secondary N) is 1. The zero-order valence-electron chi connectivity index (χ0n) is 15.6. The lowest BCUT2D eigenvalue weighted by Gasteiger charge is -2.45. The van der Waals surface area contributed by atoms with E-state index in [2.05, 4.69) is 55.4 Å². The van der Waals surface area contributed by atoms with Crippen LogP contribution < -0.4 is 10.3 Å². The van der Waals surface area contributed by atoms with Crippen LogP contribution in [0.15, 0.2) is 47.6 Å². The van der Waals surface area contributed by atoms with Gasteiger partial charge in [0.1, 0.15) is 0 Å². The van der Waals surface area contributed by atoms with Gasteiger partial charge >= 0.3 is 0 Å². The Morgan fingerprint density at radius 1 is 1.31 bits per heavy atom. The maximum atomic E-state index is 12.1. The first-order valence-corrected chi connectivity index (χ1v) is 9.13. The second-order valence-corrected chi connectivity index (χ2v) is 7.88. The van der Waals surface area contributed by atoms with E-state index in [1.165, 1.54) is 11.3 Å². The number of hydrazone groups is 1. The summed E-state index contributed by atoms with van der Waals surface area (Å²) < 4.78 is 0. The molecule has 1 aliphatic rings. The van der Waals surface area contributed by atoms with Crippen molar-refractivity contribution < 1.29 is 4.79 Å². The molecule has 1 amide bonds. The van der Waals surface area contributed by atoms with Crippen LogP contribution in [0, 0.1) is 0 Å². The number of hydrogen-bond donors (Lipinski definition) is 1. The summed E-state index contributed by atoms with van der Waals surface area (Å²) in [7, 11) is 2.14. The molecule has 1 heterocycles. The lowest BCUT2D eigenvalue weighted by atomic mass is 9.80. The lowest BCUT2D eigenvalue weighted by Crippen LogP contribution is -2.45. The van der Waals surface area contributed by atoms with Gasteiger partial charge < -0.3 is 4.90 Å². The van der Waals surface area contributed by atoms with Crippen LogP contribution >= 0.6 is 11.6 Å². The molecule has 2 aromatic rings. The van der Waals surface area contributed by atoms with Gasteiger partial charge in [0.15, 0.2) is 0 Å². The summed E-state index contributed by atoms with van der Waals surface area (Å²) in [6, 6.07) is 13.2. The fraction of sp³-hybridized carbons (Fsp3) is 0.333. The van der Waals surface area contributed by atoms with Crippen molar-refractivity contribution in [2.45, 2.75) is 38.6 Å². The van der Waals surface area contributed by atoms with Crippen LogP contribution in [0.3, 0.4) is 0 Å². The normalized spacial score (nSPS) is 18.7. The molecule has 3 rings (SSSR count). The molecule has 1 aliphatic heterocycles. The zero-order chi connectivity index (χ0) is 18.9. The van der Waals surface area contributed by atoms with Crippen LogP contribution in [0.5, 0.6) is 0 Å². The number of carbonyl (C=O) groups excluding carboxylic acids is 1. The molecule has 5 heteroatoms. The summed E-state index contributed by atoms with van der Waals surface area (Å²) in [5.74, 6) is 0.155. The summed E-state index contributed by atoms with van der Waals surface area (Å²) >= 11 is 6.03. The molecular formula is C21H24ClN3O. The number of carbonyl (C=O) groups is 1. The molecule has 1 unspecified atom stereocenters. The number of amides is 1. The number of benzene rings is 2. The van der Waals surface area contributed by atoms with E-state index in [0.717, 1.165) is 12.0 Å². The zero-order valence-corrected chi connectivity index (χ0v) is 16.3. The Bertz CT molecular complexity index is 860. The van der Waals surface area contributed by atoms with Gasteiger partial charge in [0.05, 0.1) is 16.8 Å². The maximum absolute atomic E-state index is 12.1. The van der Waals surface area contributed by atoms with Crippen molar-refractivity contribution >= 4 is 29.4 Å². The molecule has 0 radical (unpaired) electrons. The highest BCUT2D eigenvalue weighted by Gasteiger charge is 2.33. The highest BCUT2D eigenvalue weighted by atomic mass is 35.5. The molecule has 2 aromatic carbocycles. The standard InChI is InChI=1S/C21H24ClN3O/c1-14-12-21(2,3)25(4)19-10-9-15(11-17(14)19)13-23-24-20(26)16-7-5-6-8-18(16)22/h5-11,13-14H,12H2,1-4H3,(H,24,26)/b23-13-.